The van der Waals surface area contributed by atoms with E-state index in [0.717, 1.165) is 13.1 Å². The van der Waals surface area contributed by atoms with E-state index in [1.807, 2.05) is 6.07 Å². The molecule has 136 valence electrons. The van der Waals surface area contributed by atoms with Gasteiger partial charge in [0.05, 0.1) is 6.26 Å². The molecule has 1 unspecified atom stereocenters. The Balaban J connectivity index is 1.52. The van der Waals surface area contributed by atoms with Crippen LogP contribution in [0.5, 0.6) is 0 Å². The van der Waals surface area contributed by atoms with E-state index in [1.165, 1.54) is 16.8 Å². The molecule has 0 fully saturated rings. The largest absolute Gasteiger partial charge is 0.467 e. The van der Waals surface area contributed by atoms with Gasteiger partial charge < -0.3 is 19.7 Å². The van der Waals surface area contributed by atoms with Crippen LogP contribution in [0.25, 0.3) is 0 Å². The van der Waals surface area contributed by atoms with Gasteiger partial charge in [0.15, 0.2) is 0 Å². The van der Waals surface area contributed by atoms with Crippen molar-refractivity contribution in [3.63, 3.8) is 0 Å². The van der Waals surface area contributed by atoms with Crippen LogP contribution in [-0.4, -0.2) is 18.2 Å². The normalized spacial score (nSPS) is 12.1. The molecular weight excluding hydrogens is 324 g/mol. The molecule has 0 bridgehead atoms. The summed E-state index contributed by atoms with van der Waals surface area (Å²) in [7, 11) is 0. The topological polar surface area (TPSA) is 48.6 Å². The Morgan fingerprint density at radius 3 is 2.38 bits per heavy atom. The first-order chi connectivity index (χ1) is 12.8. The van der Waals surface area contributed by atoms with Crippen molar-refractivity contribution in [2.75, 3.05) is 18.0 Å². The number of aliphatic hydroxyl groups is 1. The number of benzene rings is 2. The summed E-state index contributed by atoms with van der Waals surface area (Å²) >= 11 is 0. The summed E-state index contributed by atoms with van der Waals surface area (Å²) < 4.78 is 5.21. The van der Waals surface area contributed by atoms with Crippen LogP contribution in [0.1, 0.15) is 29.9 Å². The van der Waals surface area contributed by atoms with E-state index in [1.54, 1.807) is 18.4 Å². The summed E-state index contributed by atoms with van der Waals surface area (Å²) in [6.45, 7) is 5.22. The van der Waals surface area contributed by atoms with Gasteiger partial charge in [-0.15, -0.1) is 0 Å². The molecule has 0 saturated heterocycles. The Kier molecular flexibility index (Phi) is 6.47. The fourth-order valence-electron chi connectivity index (χ4n) is 2.95. The van der Waals surface area contributed by atoms with Crippen LogP contribution in [0.15, 0.2) is 77.4 Å². The van der Waals surface area contributed by atoms with Crippen LogP contribution in [0.2, 0.25) is 0 Å². The summed E-state index contributed by atoms with van der Waals surface area (Å²) in [5.74, 6) is 0.590. The van der Waals surface area contributed by atoms with E-state index in [2.05, 4.69) is 65.7 Å². The van der Waals surface area contributed by atoms with E-state index >= 15 is 0 Å². The minimum atomic E-state index is -0.620. The quantitative estimate of drug-likeness (QED) is 0.609. The smallest absolute Gasteiger partial charge is 0.133 e. The van der Waals surface area contributed by atoms with Crippen LogP contribution < -0.4 is 10.2 Å². The molecule has 2 N–H and O–H groups in total. The van der Waals surface area contributed by atoms with Gasteiger partial charge in [-0.05, 0) is 42.3 Å². The van der Waals surface area contributed by atoms with Crippen molar-refractivity contribution in [3.8, 4) is 0 Å². The van der Waals surface area contributed by atoms with E-state index in [9.17, 15) is 5.11 Å². The third kappa shape index (κ3) is 4.97. The third-order valence-electron chi connectivity index (χ3n) is 4.44. The lowest BCUT2D eigenvalue weighted by Crippen LogP contribution is -2.22. The summed E-state index contributed by atoms with van der Waals surface area (Å²) in [5.41, 5.74) is 3.72. The second kappa shape index (κ2) is 9.22. The first-order valence-electron chi connectivity index (χ1n) is 9.06. The maximum Gasteiger partial charge on any atom is 0.133 e. The van der Waals surface area contributed by atoms with Crippen LogP contribution in [0, 0.1) is 0 Å². The monoisotopic (exact) mass is 350 g/mol. The van der Waals surface area contributed by atoms with Gasteiger partial charge in [-0.25, -0.2) is 0 Å². The minimum absolute atomic E-state index is 0.463. The predicted molar refractivity (Wildman–Crippen MR) is 105 cm³/mol. The summed E-state index contributed by atoms with van der Waals surface area (Å²) in [6, 6.07) is 22.7. The lowest BCUT2D eigenvalue weighted by molar-refractivity contribution is 0.147. The Hall–Kier alpha value is -2.56. The van der Waals surface area contributed by atoms with Crippen molar-refractivity contribution < 1.29 is 9.52 Å². The molecule has 0 saturated carbocycles. The number of anilines is 1. The molecule has 0 aliphatic carbocycles. The molecule has 4 nitrogen and oxygen atoms in total. The van der Waals surface area contributed by atoms with Crippen LogP contribution in [0.4, 0.5) is 5.69 Å². The van der Waals surface area contributed by atoms with Gasteiger partial charge in [-0.1, -0.05) is 42.5 Å². The summed E-state index contributed by atoms with van der Waals surface area (Å²) in [4.78, 5) is 2.35. The molecule has 0 spiro atoms. The van der Waals surface area contributed by atoms with Gasteiger partial charge in [0.2, 0.25) is 0 Å². The highest BCUT2D eigenvalue weighted by Crippen LogP contribution is 2.18. The Bertz CT molecular complexity index is 755. The number of furan rings is 1. The number of nitrogens with zero attached hydrogens (tertiary/aromatic N) is 1. The maximum absolute atomic E-state index is 10.0. The van der Waals surface area contributed by atoms with Gasteiger partial charge in [-0.2, -0.15) is 0 Å². The standard InChI is InChI=1S/C22H26N2O2/c1-2-24(17-19-7-4-3-5-8-19)20-12-10-18(11-13-20)15-23-16-21(25)22-9-6-14-26-22/h3-14,21,23,25H,2,15-17H2,1H3. The molecule has 1 aromatic heterocycles. The van der Waals surface area contributed by atoms with Crippen molar-refractivity contribution in [1.82, 2.24) is 5.32 Å². The minimum Gasteiger partial charge on any atom is -0.467 e. The highest BCUT2D eigenvalue weighted by atomic mass is 16.4. The zero-order valence-corrected chi connectivity index (χ0v) is 15.1. The van der Waals surface area contributed by atoms with Crippen molar-refractivity contribution in [2.24, 2.45) is 0 Å². The van der Waals surface area contributed by atoms with Gasteiger partial charge in [0, 0.05) is 31.9 Å². The van der Waals surface area contributed by atoms with Crippen molar-refractivity contribution in [2.45, 2.75) is 26.1 Å². The van der Waals surface area contributed by atoms with Gasteiger partial charge in [-0.3, -0.25) is 0 Å². The average Bonchev–Trinajstić information content (AvgIpc) is 3.22. The fraction of sp³-hybridized carbons (Fsp3) is 0.273. The van der Waals surface area contributed by atoms with Crippen molar-refractivity contribution in [3.05, 3.63) is 89.9 Å². The lowest BCUT2D eigenvalue weighted by Gasteiger charge is -2.23. The molecule has 0 radical (unpaired) electrons. The second-order valence-corrected chi connectivity index (χ2v) is 6.33. The average molecular weight is 350 g/mol. The lowest BCUT2D eigenvalue weighted by atomic mass is 10.1. The molecule has 0 aliphatic heterocycles. The molecule has 26 heavy (non-hydrogen) atoms. The Morgan fingerprint density at radius 1 is 0.962 bits per heavy atom. The molecule has 3 aromatic rings. The van der Waals surface area contributed by atoms with Crippen molar-refractivity contribution >= 4 is 5.69 Å². The fourth-order valence-corrected chi connectivity index (χ4v) is 2.95. The number of rotatable bonds is 9. The number of aliphatic hydroxyl groups excluding tert-OH is 1. The zero-order valence-electron chi connectivity index (χ0n) is 15.1. The summed E-state index contributed by atoms with van der Waals surface area (Å²) in [5, 5.41) is 13.3. The molecule has 3 rings (SSSR count). The van der Waals surface area contributed by atoms with Gasteiger partial charge >= 0.3 is 0 Å². The Morgan fingerprint density at radius 2 is 1.73 bits per heavy atom. The molecule has 1 atom stereocenters. The van der Waals surface area contributed by atoms with E-state index in [0.29, 0.717) is 18.8 Å². The highest BCUT2D eigenvalue weighted by Gasteiger charge is 2.09. The molecule has 4 heteroatoms. The van der Waals surface area contributed by atoms with E-state index in [-0.39, 0.29) is 0 Å². The molecule has 1 heterocycles. The maximum atomic E-state index is 10.0. The summed E-state index contributed by atoms with van der Waals surface area (Å²) in [6.07, 6.45) is 0.956. The van der Waals surface area contributed by atoms with Gasteiger partial charge in [0.25, 0.3) is 0 Å². The predicted octanol–water partition coefficient (Wildman–Crippen LogP) is 4.13. The first-order valence-corrected chi connectivity index (χ1v) is 9.06. The van der Waals surface area contributed by atoms with Gasteiger partial charge in [0.1, 0.15) is 11.9 Å². The van der Waals surface area contributed by atoms with E-state index < -0.39 is 6.10 Å². The molecule has 2 aromatic carbocycles. The zero-order chi connectivity index (χ0) is 18.2. The number of hydrogen-bond donors (Lipinski definition) is 2. The highest BCUT2D eigenvalue weighted by molar-refractivity contribution is 5.48. The Labute approximate surface area is 155 Å². The van der Waals surface area contributed by atoms with Crippen molar-refractivity contribution in [1.29, 1.82) is 0 Å². The number of hydrogen-bond acceptors (Lipinski definition) is 4. The second-order valence-electron chi connectivity index (χ2n) is 6.33. The van der Waals surface area contributed by atoms with Crippen LogP contribution >= 0.6 is 0 Å². The SMILES string of the molecule is CCN(Cc1ccccc1)c1ccc(CNCC(O)c2ccco2)cc1. The third-order valence-corrected chi connectivity index (χ3v) is 4.44. The van der Waals surface area contributed by atoms with E-state index in [4.69, 9.17) is 4.42 Å². The molecule has 0 aliphatic rings. The number of nitrogens with one attached hydrogen (secondary N) is 1. The molecule has 0 amide bonds. The first kappa shape index (κ1) is 18.2. The van der Waals surface area contributed by atoms with Crippen LogP contribution in [0.3, 0.4) is 0 Å². The molecular formula is C22H26N2O2. The van der Waals surface area contributed by atoms with Crippen LogP contribution in [-0.2, 0) is 13.1 Å².